The minimum atomic E-state index is 0.0680. The van der Waals surface area contributed by atoms with E-state index in [9.17, 15) is 0 Å². The van der Waals surface area contributed by atoms with Crippen LogP contribution < -0.4 is 5.73 Å². The maximum atomic E-state index is 6.08. The highest BCUT2D eigenvalue weighted by Crippen LogP contribution is 2.30. The first kappa shape index (κ1) is 12.5. The Morgan fingerprint density at radius 2 is 2.29 bits per heavy atom. The second-order valence-corrected chi connectivity index (χ2v) is 5.04. The zero-order valence-electron chi connectivity index (χ0n) is 9.15. The van der Waals surface area contributed by atoms with Gasteiger partial charge >= 0.3 is 0 Å². The van der Waals surface area contributed by atoms with Crippen molar-refractivity contribution in [3.05, 3.63) is 33.5 Å². The average molecular weight is 317 g/mol. The molecule has 2 rings (SSSR count). The van der Waals surface area contributed by atoms with Crippen LogP contribution in [0.15, 0.2) is 27.2 Å². The number of benzene rings is 1. The molecule has 90 valence electrons. The molecule has 1 atom stereocenters. The summed E-state index contributed by atoms with van der Waals surface area (Å²) < 4.78 is 6.09. The number of nitrogens with zero attached hydrogens (tertiary/aromatic N) is 2. The average Bonchev–Trinajstić information content (AvgIpc) is 2.80. The molecule has 0 bridgehead atoms. The molecule has 0 fully saturated rings. The second-order valence-electron chi connectivity index (χ2n) is 3.72. The van der Waals surface area contributed by atoms with Crippen LogP contribution >= 0.6 is 27.5 Å². The number of aromatic nitrogens is 2. The monoisotopic (exact) mass is 315 g/mol. The summed E-state index contributed by atoms with van der Waals surface area (Å²) in [6, 6.07) is 5.47. The molecule has 0 saturated heterocycles. The van der Waals surface area contributed by atoms with Crippen LogP contribution in [0.4, 0.5) is 0 Å². The van der Waals surface area contributed by atoms with E-state index in [2.05, 4.69) is 26.1 Å². The number of halogens is 2. The summed E-state index contributed by atoms with van der Waals surface area (Å²) >= 11 is 9.45. The van der Waals surface area contributed by atoms with Gasteiger partial charge in [0.15, 0.2) is 5.82 Å². The van der Waals surface area contributed by atoms with Crippen molar-refractivity contribution in [2.24, 2.45) is 5.73 Å². The van der Waals surface area contributed by atoms with E-state index in [1.54, 1.807) is 6.07 Å². The fourth-order valence-electron chi connectivity index (χ4n) is 1.31. The summed E-state index contributed by atoms with van der Waals surface area (Å²) in [5, 5.41) is 4.47. The molecule has 1 heterocycles. The van der Waals surface area contributed by atoms with E-state index in [0.29, 0.717) is 28.8 Å². The molecule has 0 aliphatic carbocycles. The topological polar surface area (TPSA) is 64.9 Å². The van der Waals surface area contributed by atoms with Gasteiger partial charge in [-0.2, -0.15) is 4.98 Å². The third-order valence-electron chi connectivity index (χ3n) is 2.39. The highest BCUT2D eigenvalue weighted by atomic mass is 79.9. The molecule has 2 N–H and O–H groups in total. The maximum Gasteiger partial charge on any atom is 0.259 e. The molecule has 0 aliphatic rings. The Morgan fingerprint density at radius 1 is 1.53 bits per heavy atom. The van der Waals surface area contributed by atoms with Crippen molar-refractivity contribution in [2.45, 2.75) is 12.8 Å². The van der Waals surface area contributed by atoms with Gasteiger partial charge in [-0.15, -0.1) is 0 Å². The van der Waals surface area contributed by atoms with Crippen molar-refractivity contribution in [1.29, 1.82) is 0 Å². The smallest absolute Gasteiger partial charge is 0.259 e. The van der Waals surface area contributed by atoms with Gasteiger partial charge in [-0.25, -0.2) is 0 Å². The zero-order valence-corrected chi connectivity index (χ0v) is 11.5. The Morgan fingerprint density at radius 3 is 3.00 bits per heavy atom. The molecule has 0 saturated carbocycles. The number of hydrogen-bond donors (Lipinski definition) is 1. The predicted octanol–water partition coefficient (Wildman–Crippen LogP) is 3.21. The molecule has 0 radical (unpaired) electrons. The Kier molecular flexibility index (Phi) is 3.81. The van der Waals surface area contributed by atoms with Crippen LogP contribution in [0, 0.1) is 0 Å². The second kappa shape index (κ2) is 5.16. The van der Waals surface area contributed by atoms with Crippen molar-refractivity contribution in [2.75, 3.05) is 6.54 Å². The SMILES string of the molecule is CC(CN)c1noc(-c2cc(Br)ccc2Cl)n1. The minimum Gasteiger partial charge on any atom is -0.334 e. The highest BCUT2D eigenvalue weighted by molar-refractivity contribution is 9.10. The standard InChI is InChI=1S/C11H11BrClN3O/c1-6(5-14)10-15-11(17-16-10)8-4-7(12)2-3-9(8)13/h2-4,6H,5,14H2,1H3. The van der Waals surface area contributed by atoms with Crippen LogP contribution in [0.3, 0.4) is 0 Å². The van der Waals surface area contributed by atoms with E-state index in [4.69, 9.17) is 21.9 Å². The lowest BCUT2D eigenvalue weighted by molar-refractivity contribution is 0.418. The molecular weight excluding hydrogens is 305 g/mol. The Bertz CT molecular complexity index is 529. The highest BCUT2D eigenvalue weighted by Gasteiger charge is 2.15. The van der Waals surface area contributed by atoms with Gasteiger partial charge in [0, 0.05) is 16.9 Å². The molecular formula is C11H11BrClN3O. The molecule has 4 nitrogen and oxygen atoms in total. The van der Waals surface area contributed by atoms with Crippen LogP contribution in [0.25, 0.3) is 11.5 Å². The number of nitrogens with two attached hydrogens (primary N) is 1. The van der Waals surface area contributed by atoms with Crippen LogP contribution in [0.2, 0.25) is 5.02 Å². The molecule has 1 unspecified atom stereocenters. The van der Waals surface area contributed by atoms with Crippen molar-refractivity contribution < 1.29 is 4.52 Å². The summed E-state index contributed by atoms with van der Waals surface area (Å²) in [6.07, 6.45) is 0. The predicted molar refractivity (Wildman–Crippen MR) is 69.9 cm³/mol. The Hall–Kier alpha value is -0.910. The van der Waals surface area contributed by atoms with Gasteiger partial charge in [0.25, 0.3) is 5.89 Å². The largest absolute Gasteiger partial charge is 0.334 e. The van der Waals surface area contributed by atoms with Gasteiger partial charge in [0.05, 0.1) is 10.6 Å². The van der Waals surface area contributed by atoms with Gasteiger partial charge in [-0.05, 0) is 18.2 Å². The van der Waals surface area contributed by atoms with Crippen molar-refractivity contribution in [3.8, 4) is 11.5 Å². The molecule has 0 amide bonds. The van der Waals surface area contributed by atoms with Gasteiger partial charge in [-0.3, -0.25) is 0 Å². The summed E-state index contributed by atoms with van der Waals surface area (Å²) in [5.74, 6) is 1.07. The fourth-order valence-corrected chi connectivity index (χ4v) is 1.87. The van der Waals surface area contributed by atoms with Crippen LogP contribution in [-0.2, 0) is 0 Å². The summed E-state index contributed by atoms with van der Waals surface area (Å²) in [7, 11) is 0. The first-order valence-electron chi connectivity index (χ1n) is 5.11. The summed E-state index contributed by atoms with van der Waals surface area (Å²) in [5.41, 5.74) is 6.26. The van der Waals surface area contributed by atoms with E-state index < -0.39 is 0 Å². The minimum absolute atomic E-state index is 0.0680. The van der Waals surface area contributed by atoms with Crippen molar-refractivity contribution in [3.63, 3.8) is 0 Å². The first-order valence-corrected chi connectivity index (χ1v) is 6.28. The van der Waals surface area contributed by atoms with Crippen molar-refractivity contribution in [1.82, 2.24) is 10.1 Å². The lowest BCUT2D eigenvalue weighted by atomic mass is 10.2. The molecule has 0 spiro atoms. The third-order valence-corrected chi connectivity index (χ3v) is 3.22. The Labute approximate surface area is 112 Å². The van der Waals surface area contributed by atoms with E-state index in [-0.39, 0.29) is 5.92 Å². The van der Waals surface area contributed by atoms with Gasteiger partial charge in [0.2, 0.25) is 0 Å². The van der Waals surface area contributed by atoms with E-state index >= 15 is 0 Å². The molecule has 0 aliphatic heterocycles. The Balaban J connectivity index is 2.40. The lowest BCUT2D eigenvalue weighted by Gasteiger charge is -2.00. The van der Waals surface area contributed by atoms with E-state index in [0.717, 1.165) is 4.47 Å². The normalized spacial score (nSPS) is 12.7. The molecule has 2 aromatic rings. The van der Waals surface area contributed by atoms with Gasteiger partial charge in [0.1, 0.15) is 0 Å². The van der Waals surface area contributed by atoms with Crippen LogP contribution in [0.5, 0.6) is 0 Å². The van der Waals surface area contributed by atoms with E-state index in [1.807, 2.05) is 19.1 Å². The van der Waals surface area contributed by atoms with Gasteiger partial charge in [-0.1, -0.05) is 39.6 Å². The fraction of sp³-hybridized carbons (Fsp3) is 0.273. The third kappa shape index (κ3) is 2.68. The molecule has 1 aromatic carbocycles. The van der Waals surface area contributed by atoms with Crippen LogP contribution in [0.1, 0.15) is 18.7 Å². The van der Waals surface area contributed by atoms with Gasteiger partial charge < -0.3 is 10.3 Å². The summed E-state index contributed by atoms with van der Waals surface area (Å²) in [6.45, 7) is 2.42. The summed E-state index contributed by atoms with van der Waals surface area (Å²) in [4.78, 5) is 4.29. The lowest BCUT2D eigenvalue weighted by Crippen LogP contribution is -2.10. The van der Waals surface area contributed by atoms with E-state index in [1.165, 1.54) is 0 Å². The van der Waals surface area contributed by atoms with Crippen LogP contribution in [-0.4, -0.2) is 16.7 Å². The van der Waals surface area contributed by atoms with Crippen molar-refractivity contribution >= 4 is 27.5 Å². The molecule has 6 heteroatoms. The first-order chi connectivity index (χ1) is 8.11. The maximum absolute atomic E-state index is 6.08. The number of rotatable bonds is 3. The zero-order chi connectivity index (χ0) is 12.4. The molecule has 1 aromatic heterocycles. The molecule has 17 heavy (non-hydrogen) atoms. The number of hydrogen-bond acceptors (Lipinski definition) is 4. The quantitative estimate of drug-likeness (QED) is 0.944.